The molecule has 1 N–H and O–H groups in total. The highest BCUT2D eigenvalue weighted by atomic mass is 79.9. The van der Waals surface area contributed by atoms with E-state index in [4.69, 9.17) is 11.6 Å². The highest BCUT2D eigenvalue weighted by molar-refractivity contribution is 9.10. The normalized spacial score (nSPS) is 12.5. The largest absolute Gasteiger partial charge is 0.388 e. The van der Waals surface area contributed by atoms with Gasteiger partial charge < -0.3 is 5.11 Å². The first-order valence-electron chi connectivity index (χ1n) is 5.53. The van der Waals surface area contributed by atoms with Crippen LogP contribution >= 0.6 is 43.5 Å². The van der Waals surface area contributed by atoms with Gasteiger partial charge in [0, 0.05) is 26.0 Å². The predicted octanol–water partition coefficient (Wildman–Crippen LogP) is 5.28. The number of aliphatic hydroxyl groups excluding tert-OH is 1. The second-order valence-electron chi connectivity index (χ2n) is 4.16. The van der Waals surface area contributed by atoms with E-state index < -0.39 is 6.10 Å². The number of rotatable bonds is 3. The fourth-order valence-electron chi connectivity index (χ4n) is 1.83. The van der Waals surface area contributed by atoms with E-state index in [2.05, 4.69) is 31.9 Å². The molecule has 2 aromatic rings. The summed E-state index contributed by atoms with van der Waals surface area (Å²) in [5, 5.41) is 10.7. The Morgan fingerprint density at radius 3 is 2.53 bits per heavy atom. The average Bonchev–Trinajstić information content (AvgIpc) is 2.30. The van der Waals surface area contributed by atoms with Gasteiger partial charge in [0.2, 0.25) is 0 Å². The van der Waals surface area contributed by atoms with Crippen LogP contribution in [0.3, 0.4) is 0 Å². The highest BCUT2D eigenvalue weighted by Gasteiger charge is 2.13. The lowest BCUT2D eigenvalue weighted by Crippen LogP contribution is -2.03. The molecule has 0 saturated carbocycles. The third-order valence-corrected chi connectivity index (χ3v) is 3.96. The molecule has 0 spiro atoms. The lowest BCUT2D eigenvalue weighted by Gasteiger charge is -2.13. The monoisotopic (exact) mass is 406 g/mol. The van der Waals surface area contributed by atoms with Crippen molar-refractivity contribution in [1.29, 1.82) is 0 Å². The lowest BCUT2D eigenvalue weighted by atomic mass is 10.0. The summed E-state index contributed by atoms with van der Waals surface area (Å²) in [4.78, 5) is 0. The van der Waals surface area contributed by atoms with Crippen LogP contribution in [0.5, 0.6) is 0 Å². The second kappa shape index (κ2) is 6.35. The van der Waals surface area contributed by atoms with E-state index in [1.165, 1.54) is 12.1 Å². The average molecular weight is 408 g/mol. The Labute approximate surface area is 132 Å². The van der Waals surface area contributed by atoms with Crippen molar-refractivity contribution in [2.24, 2.45) is 0 Å². The summed E-state index contributed by atoms with van der Waals surface area (Å²) in [6.45, 7) is 0. The smallest absolute Gasteiger partial charge is 0.124 e. The Hall–Kier alpha value is -0.420. The minimum atomic E-state index is -0.779. The molecule has 2 aromatic carbocycles. The molecular weight excluding hydrogens is 398 g/mol. The topological polar surface area (TPSA) is 20.2 Å². The van der Waals surface area contributed by atoms with Crippen LogP contribution in [0.2, 0.25) is 5.02 Å². The van der Waals surface area contributed by atoms with Gasteiger partial charge in [-0.2, -0.15) is 0 Å². The van der Waals surface area contributed by atoms with Gasteiger partial charge in [0.15, 0.2) is 0 Å². The number of hydrogen-bond donors (Lipinski definition) is 1. The first kappa shape index (κ1) is 15.0. The molecule has 0 aliphatic rings. The lowest BCUT2D eigenvalue weighted by molar-refractivity contribution is 0.178. The van der Waals surface area contributed by atoms with Crippen molar-refractivity contribution >= 4 is 43.5 Å². The quantitative estimate of drug-likeness (QED) is 0.733. The van der Waals surface area contributed by atoms with Crippen LogP contribution in [0.25, 0.3) is 0 Å². The van der Waals surface area contributed by atoms with Crippen molar-refractivity contribution in [2.45, 2.75) is 12.5 Å². The Bertz CT molecular complexity index is 584. The van der Waals surface area contributed by atoms with Crippen LogP contribution < -0.4 is 0 Å². The van der Waals surface area contributed by atoms with E-state index >= 15 is 0 Å². The molecule has 0 aliphatic carbocycles. The molecule has 0 bridgehead atoms. The Morgan fingerprint density at radius 1 is 1.11 bits per heavy atom. The Morgan fingerprint density at radius 2 is 1.84 bits per heavy atom. The molecule has 1 nitrogen and oxygen atoms in total. The maximum absolute atomic E-state index is 13.3. The molecule has 19 heavy (non-hydrogen) atoms. The number of hydrogen-bond acceptors (Lipinski definition) is 1. The van der Waals surface area contributed by atoms with Crippen molar-refractivity contribution in [3.05, 3.63) is 67.3 Å². The second-order valence-corrected chi connectivity index (χ2v) is 6.40. The minimum Gasteiger partial charge on any atom is -0.388 e. The molecule has 0 fully saturated rings. The predicted molar refractivity (Wildman–Crippen MR) is 81.9 cm³/mol. The van der Waals surface area contributed by atoms with E-state index in [0.717, 1.165) is 4.47 Å². The Balaban J connectivity index is 2.25. The molecule has 1 atom stereocenters. The summed E-state index contributed by atoms with van der Waals surface area (Å²) < 4.78 is 14.8. The van der Waals surface area contributed by atoms with E-state index in [9.17, 15) is 9.50 Å². The summed E-state index contributed by atoms with van der Waals surface area (Å²) >= 11 is 12.6. The van der Waals surface area contributed by atoms with Crippen molar-refractivity contribution in [2.75, 3.05) is 0 Å². The third kappa shape index (κ3) is 4.02. The van der Waals surface area contributed by atoms with Crippen molar-refractivity contribution in [1.82, 2.24) is 0 Å². The van der Waals surface area contributed by atoms with Gasteiger partial charge in [-0.3, -0.25) is 0 Å². The fourth-order valence-corrected chi connectivity index (χ4v) is 2.97. The molecular formula is C14H10Br2ClFO. The zero-order valence-electron chi connectivity index (χ0n) is 9.71. The molecule has 0 amide bonds. The van der Waals surface area contributed by atoms with Crippen LogP contribution in [0.1, 0.15) is 17.2 Å². The zero-order valence-corrected chi connectivity index (χ0v) is 13.6. The fraction of sp³-hybridized carbons (Fsp3) is 0.143. The highest BCUT2D eigenvalue weighted by Crippen LogP contribution is 2.29. The summed E-state index contributed by atoms with van der Waals surface area (Å²) in [5.74, 6) is -0.336. The summed E-state index contributed by atoms with van der Waals surface area (Å²) in [6, 6.07) is 9.84. The van der Waals surface area contributed by atoms with Gasteiger partial charge in [0.05, 0.1) is 6.10 Å². The van der Waals surface area contributed by atoms with Gasteiger partial charge in [-0.05, 0) is 42.0 Å². The summed E-state index contributed by atoms with van der Waals surface area (Å²) in [5.41, 5.74) is 1.33. The van der Waals surface area contributed by atoms with Crippen molar-refractivity contribution in [3.8, 4) is 0 Å². The van der Waals surface area contributed by atoms with Gasteiger partial charge in [-0.1, -0.05) is 43.5 Å². The molecule has 0 heterocycles. The van der Waals surface area contributed by atoms with Crippen LogP contribution in [0.4, 0.5) is 4.39 Å². The van der Waals surface area contributed by atoms with E-state index in [1.54, 1.807) is 24.3 Å². The van der Waals surface area contributed by atoms with Crippen LogP contribution in [-0.2, 0) is 6.42 Å². The van der Waals surface area contributed by atoms with Gasteiger partial charge in [-0.25, -0.2) is 4.39 Å². The van der Waals surface area contributed by atoms with E-state index in [0.29, 0.717) is 27.0 Å². The first-order valence-corrected chi connectivity index (χ1v) is 7.50. The summed E-state index contributed by atoms with van der Waals surface area (Å²) in [7, 11) is 0. The van der Waals surface area contributed by atoms with Crippen LogP contribution in [-0.4, -0.2) is 5.11 Å². The molecule has 5 heteroatoms. The van der Waals surface area contributed by atoms with E-state index in [1.807, 2.05) is 0 Å². The molecule has 100 valence electrons. The molecule has 2 rings (SSSR count). The minimum absolute atomic E-state index is 0.298. The SMILES string of the molecule is OC(Cc1cc(F)cc(Br)c1)c1cc(Br)ccc1Cl. The summed E-state index contributed by atoms with van der Waals surface area (Å²) in [6.07, 6.45) is -0.481. The number of benzene rings is 2. The van der Waals surface area contributed by atoms with Crippen molar-refractivity contribution < 1.29 is 9.50 Å². The van der Waals surface area contributed by atoms with Crippen LogP contribution in [0.15, 0.2) is 45.3 Å². The molecule has 0 aliphatic heterocycles. The first-order chi connectivity index (χ1) is 8.95. The van der Waals surface area contributed by atoms with Gasteiger partial charge >= 0.3 is 0 Å². The van der Waals surface area contributed by atoms with Gasteiger partial charge in [-0.15, -0.1) is 0 Å². The van der Waals surface area contributed by atoms with Gasteiger partial charge in [0.25, 0.3) is 0 Å². The standard InChI is InChI=1S/C14H10Br2ClFO/c15-9-1-2-13(17)12(7-9)14(19)5-8-3-10(16)6-11(18)4-8/h1-4,6-7,14,19H,5H2. The third-order valence-electron chi connectivity index (χ3n) is 2.67. The molecule has 0 aromatic heterocycles. The van der Waals surface area contributed by atoms with Crippen LogP contribution in [0, 0.1) is 5.82 Å². The van der Waals surface area contributed by atoms with Gasteiger partial charge in [0.1, 0.15) is 5.82 Å². The van der Waals surface area contributed by atoms with E-state index in [-0.39, 0.29) is 5.82 Å². The maximum Gasteiger partial charge on any atom is 0.124 e. The Kier molecular flexibility index (Phi) is 5.01. The number of aliphatic hydroxyl groups is 1. The zero-order chi connectivity index (χ0) is 14.0. The van der Waals surface area contributed by atoms with Crippen molar-refractivity contribution in [3.63, 3.8) is 0 Å². The number of halogens is 4. The molecule has 0 radical (unpaired) electrons. The maximum atomic E-state index is 13.3. The molecule has 0 saturated heterocycles. The molecule has 1 unspecified atom stereocenters.